The summed E-state index contributed by atoms with van der Waals surface area (Å²) < 4.78 is 0. The predicted molar refractivity (Wildman–Crippen MR) is 70.4 cm³/mol. The third-order valence-electron chi connectivity index (χ3n) is 3.63. The van der Waals surface area contributed by atoms with E-state index in [2.05, 4.69) is 36.9 Å². The predicted octanol–water partition coefficient (Wildman–Crippen LogP) is 2.25. The number of hydrogen-bond donors (Lipinski definition) is 1. The molecule has 0 radical (unpaired) electrons. The van der Waals surface area contributed by atoms with Gasteiger partial charge in [0, 0.05) is 37.6 Å². The average molecular weight is 222 g/mol. The van der Waals surface area contributed by atoms with Crippen LogP contribution in [-0.4, -0.2) is 36.1 Å². The maximum atomic E-state index is 5.46. The summed E-state index contributed by atoms with van der Waals surface area (Å²) >= 11 is 0. The number of terminal acetylenes is 1. The Morgan fingerprint density at radius 1 is 1.50 bits per heavy atom. The van der Waals surface area contributed by atoms with Crippen molar-refractivity contribution in [3.63, 3.8) is 0 Å². The maximum absolute atomic E-state index is 5.46. The molecule has 1 rings (SSSR count). The Morgan fingerprint density at radius 3 is 2.81 bits per heavy atom. The van der Waals surface area contributed by atoms with Crippen molar-refractivity contribution in [1.82, 2.24) is 10.2 Å². The van der Waals surface area contributed by atoms with Gasteiger partial charge in [0.15, 0.2) is 0 Å². The zero-order chi connectivity index (χ0) is 12.0. The minimum absolute atomic E-state index is 0.571. The number of hydrogen-bond acceptors (Lipinski definition) is 2. The van der Waals surface area contributed by atoms with Gasteiger partial charge in [-0.25, -0.2) is 0 Å². The SMILES string of the molecule is C#CCC(CC)N1CC(CCC)NCC1C. The molecular formula is C14H26N2. The van der Waals surface area contributed by atoms with Crippen molar-refractivity contribution in [1.29, 1.82) is 0 Å². The van der Waals surface area contributed by atoms with Crippen LogP contribution in [0.25, 0.3) is 0 Å². The third kappa shape index (κ3) is 3.50. The lowest BCUT2D eigenvalue weighted by Crippen LogP contribution is -2.58. The van der Waals surface area contributed by atoms with E-state index in [4.69, 9.17) is 6.42 Å². The van der Waals surface area contributed by atoms with Crippen molar-refractivity contribution in [3.8, 4) is 12.3 Å². The van der Waals surface area contributed by atoms with E-state index in [-0.39, 0.29) is 0 Å². The molecule has 16 heavy (non-hydrogen) atoms. The molecule has 0 aliphatic carbocycles. The maximum Gasteiger partial charge on any atom is 0.0242 e. The summed E-state index contributed by atoms with van der Waals surface area (Å²) in [7, 11) is 0. The van der Waals surface area contributed by atoms with Crippen molar-refractivity contribution in [2.75, 3.05) is 13.1 Å². The van der Waals surface area contributed by atoms with Gasteiger partial charge in [-0.05, 0) is 19.8 Å². The van der Waals surface area contributed by atoms with E-state index in [9.17, 15) is 0 Å². The first kappa shape index (κ1) is 13.5. The lowest BCUT2D eigenvalue weighted by molar-refractivity contribution is 0.0876. The van der Waals surface area contributed by atoms with Gasteiger partial charge in [0.25, 0.3) is 0 Å². The molecule has 1 heterocycles. The topological polar surface area (TPSA) is 15.3 Å². The van der Waals surface area contributed by atoms with Crippen molar-refractivity contribution < 1.29 is 0 Å². The van der Waals surface area contributed by atoms with Crippen LogP contribution in [0, 0.1) is 12.3 Å². The van der Waals surface area contributed by atoms with Gasteiger partial charge in [0.05, 0.1) is 0 Å². The van der Waals surface area contributed by atoms with Gasteiger partial charge in [-0.2, -0.15) is 0 Å². The molecule has 0 saturated carbocycles. The first-order valence-corrected chi connectivity index (χ1v) is 6.65. The van der Waals surface area contributed by atoms with Crippen LogP contribution in [0.5, 0.6) is 0 Å². The molecule has 0 aromatic rings. The highest BCUT2D eigenvalue weighted by Gasteiger charge is 2.28. The number of nitrogens with zero attached hydrogens (tertiary/aromatic N) is 1. The number of rotatable bonds is 5. The minimum atomic E-state index is 0.571. The second kappa shape index (κ2) is 6.93. The summed E-state index contributed by atoms with van der Waals surface area (Å²) in [6.45, 7) is 9.06. The highest BCUT2D eigenvalue weighted by atomic mass is 15.2. The molecule has 1 aliphatic heterocycles. The third-order valence-corrected chi connectivity index (χ3v) is 3.63. The quantitative estimate of drug-likeness (QED) is 0.718. The summed E-state index contributed by atoms with van der Waals surface area (Å²) in [5, 5.41) is 3.63. The summed E-state index contributed by atoms with van der Waals surface area (Å²) in [4.78, 5) is 2.61. The zero-order valence-electron chi connectivity index (χ0n) is 11.0. The number of nitrogens with one attached hydrogen (secondary N) is 1. The van der Waals surface area contributed by atoms with Crippen molar-refractivity contribution in [2.45, 2.75) is 64.6 Å². The molecule has 3 unspecified atom stereocenters. The van der Waals surface area contributed by atoms with Crippen molar-refractivity contribution in [3.05, 3.63) is 0 Å². The molecule has 0 bridgehead atoms. The van der Waals surface area contributed by atoms with Crippen LogP contribution in [0.2, 0.25) is 0 Å². The van der Waals surface area contributed by atoms with Crippen LogP contribution in [0.15, 0.2) is 0 Å². The molecule has 0 aromatic carbocycles. The van der Waals surface area contributed by atoms with Crippen LogP contribution >= 0.6 is 0 Å². The Bertz CT molecular complexity index is 231. The first-order valence-electron chi connectivity index (χ1n) is 6.65. The van der Waals surface area contributed by atoms with Gasteiger partial charge < -0.3 is 5.32 Å². The Labute approximate surface area is 101 Å². The Hall–Kier alpha value is -0.520. The molecule has 1 fully saturated rings. The van der Waals surface area contributed by atoms with E-state index in [1.54, 1.807) is 0 Å². The van der Waals surface area contributed by atoms with Gasteiger partial charge in [-0.1, -0.05) is 20.3 Å². The Morgan fingerprint density at radius 2 is 2.25 bits per heavy atom. The monoisotopic (exact) mass is 222 g/mol. The molecule has 1 aliphatic rings. The second-order valence-electron chi connectivity index (χ2n) is 4.91. The van der Waals surface area contributed by atoms with Gasteiger partial charge >= 0.3 is 0 Å². The zero-order valence-corrected chi connectivity index (χ0v) is 11.0. The van der Waals surface area contributed by atoms with Crippen LogP contribution in [-0.2, 0) is 0 Å². The fourth-order valence-corrected chi connectivity index (χ4v) is 2.64. The molecule has 0 spiro atoms. The van der Waals surface area contributed by atoms with E-state index >= 15 is 0 Å². The van der Waals surface area contributed by atoms with Crippen LogP contribution in [0.1, 0.15) is 46.5 Å². The highest BCUT2D eigenvalue weighted by molar-refractivity contribution is 4.94. The molecule has 0 amide bonds. The van der Waals surface area contributed by atoms with Crippen LogP contribution in [0.4, 0.5) is 0 Å². The molecular weight excluding hydrogens is 196 g/mol. The fourth-order valence-electron chi connectivity index (χ4n) is 2.64. The Balaban J connectivity index is 2.57. The summed E-state index contributed by atoms with van der Waals surface area (Å²) in [5.41, 5.74) is 0. The minimum Gasteiger partial charge on any atom is -0.311 e. The normalized spacial score (nSPS) is 28.6. The van der Waals surface area contributed by atoms with E-state index in [0.717, 1.165) is 25.9 Å². The highest BCUT2D eigenvalue weighted by Crippen LogP contribution is 2.17. The summed E-state index contributed by atoms with van der Waals surface area (Å²) in [5.74, 6) is 2.82. The molecule has 2 nitrogen and oxygen atoms in total. The average Bonchev–Trinajstić information content (AvgIpc) is 2.29. The lowest BCUT2D eigenvalue weighted by Gasteiger charge is -2.43. The van der Waals surface area contributed by atoms with E-state index in [1.807, 2.05) is 0 Å². The van der Waals surface area contributed by atoms with Gasteiger partial charge in [0.2, 0.25) is 0 Å². The van der Waals surface area contributed by atoms with Crippen LogP contribution in [0.3, 0.4) is 0 Å². The van der Waals surface area contributed by atoms with E-state index in [0.29, 0.717) is 18.1 Å². The van der Waals surface area contributed by atoms with Gasteiger partial charge in [-0.3, -0.25) is 4.90 Å². The molecule has 3 atom stereocenters. The summed E-state index contributed by atoms with van der Waals surface area (Å²) in [6.07, 6.45) is 10.0. The van der Waals surface area contributed by atoms with Gasteiger partial charge in [-0.15, -0.1) is 12.3 Å². The molecule has 1 saturated heterocycles. The second-order valence-corrected chi connectivity index (χ2v) is 4.91. The lowest BCUT2D eigenvalue weighted by atomic mass is 10.0. The fraction of sp³-hybridized carbons (Fsp3) is 0.857. The van der Waals surface area contributed by atoms with Crippen molar-refractivity contribution >= 4 is 0 Å². The number of piperazine rings is 1. The van der Waals surface area contributed by atoms with E-state index in [1.165, 1.54) is 12.8 Å². The van der Waals surface area contributed by atoms with Crippen LogP contribution < -0.4 is 5.32 Å². The smallest absolute Gasteiger partial charge is 0.0242 e. The molecule has 2 heteroatoms. The van der Waals surface area contributed by atoms with Gasteiger partial charge in [0.1, 0.15) is 0 Å². The molecule has 92 valence electrons. The van der Waals surface area contributed by atoms with Crippen molar-refractivity contribution in [2.24, 2.45) is 0 Å². The van der Waals surface area contributed by atoms with E-state index < -0.39 is 0 Å². The Kier molecular flexibility index (Phi) is 5.87. The molecule has 0 aromatic heterocycles. The first-order chi connectivity index (χ1) is 7.72. The summed E-state index contributed by atoms with van der Waals surface area (Å²) in [6, 6.07) is 1.85. The standard InChI is InChI=1S/C14H26N2/c1-5-8-13-11-16(12(4)10-15-13)14(7-3)9-6-2/h2,12-15H,5,7-11H2,1,3-4H3. The largest absolute Gasteiger partial charge is 0.311 e. The molecule has 1 N–H and O–H groups in total.